The van der Waals surface area contributed by atoms with E-state index in [1.165, 1.54) is 11.3 Å². The predicted octanol–water partition coefficient (Wildman–Crippen LogP) is 2.30. The van der Waals surface area contributed by atoms with Gasteiger partial charge in [0.2, 0.25) is 0 Å². The summed E-state index contributed by atoms with van der Waals surface area (Å²) in [6.45, 7) is 3.53. The smallest absolute Gasteiger partial charge is 0.113 e. The highest BCUT2D eigenvalue weighted by Gasteiger charge is 1.97. The molecule has 0 aromatic carbocycles. The van der Waals surface area contributed by atoms with E-state index in [-0.39, 0.29) is 0 Å². The van der Waals surface area contributed by atoms with Gasteiger partial charge >= 0.3 is 0 Å². The van der Waals surface area contributed by atoms with Crippen LogP contribution in [0.4, 0.5) is 0 Å². The summed E-state index contributed by atoms with van der Waals surface area (Å²) in [5.41, 5.74) is 0. The van der Waals surface area contributed by atoms with Crippen molar-refractivity contribution in [2.45, 2.75) is 19.9 Å². The second-order valence-electron chi connectivity index (χ2n) is 2.41. The number of rotatable bonds is 4. The van der Waals surface area contributed by atoms with Crippen LogP contribution in [0.15, 0.2) is 6.20 Å². The average Bonchev–Trinajstić information content (AvgIpc) is 2.51. The lowest BCUT2D eigenvalue weighted by Gasteiger charge is -1.96. The van der Waals surface area contributed by atoms with Crippen LogP contribution in [-0.4, -0.2) is 11.5 Å². The van der Waals surface area contributed by atoms with Gasteiger partial charge in [-0.2, -0.15) is 0 Å². The van der Waals surface area contributed by atoms with E-state index in [0.29, 0.717) is 0 Å². The molecular weight excluding hydrogens is 204 g/mol. The van der Waals surface area contributed by atoms with Gasteiger partial charge in [-0.05, 0) is 6.92 Å². The van der Waals surface area contributed by atoms with Crippen molar-refractivity contribution in [2.24, 2.45) is 0 Å². The number of aromatic nitrogens is 1. The van der Waals surface area contributed by atoms with E-state index < -0.39 is 0 Å². The van der Waals surface area contributed by atoms with E-state index in [1.54, 1.807) is 6.20 Å². The molecule has 1 heterocycles. The summed E-state index contributed by atoms with van der Waals surface area (Å²) in [5.74, 6) is 5.83. The topological polar surface area (TPSA) is 24.9 Å². The van der Waals surface area contributed by atoms with E-state index >= 15 is 0 Å². The summed E-state index contributed by atoms with van der Waals surface area (Å²) < 4.78 is 0.741. The number of thiazole rings is 1. The van der Waals surface area contributed by atoms with Crippen LogP contribution in [0.5, 0.6) is 0 Å². The summed E-state index contributed by atoms with van der Waals surface area (Å²) >= 11 is 7.24. The van der Waals surface area contributed by atoms with E-state index in [4.69, 9.17) is 11.6 Å². The lowest BCUT2D eigenvalue weighted by molar-refractivity contribution is 0.698. The maximum absolute atomic E-state index is 5.73. The van der Waals surface area contributed by atoms with Crippen molar-refractivity contribution in [3.05, 3.63) is 15.5 Å². The van der Waals surface area contributed by atoms with Crippen LogP contribution in [0.25, 0.3) is 0 Å². The van der Waals surface area contributed by atoms with E-state index in [9.17, 15) is 0 Å². The Morgan fingerprint density at radius 2 is 2.54 bits per heavy atom. The van der Waals surface area contributed by atoms with Gasteiger partial charge in [-0.3, -0.25) is 0 Å². The maximum Gasteiger partial charge on any atom is 0.113 e. The molecular formula is C9H11ClN2S. The Balaban J connectivity index is 2.15. The fourth-order valence-corrected chi connectivity index (χ4v) is 1.77. The van der Waals surface area contributed by atoms with Gasteiger partial charge in [0.25, 0.3) is 0 Å². The molecule has 0 radical (unpaired) electrons. The second-order valence-corrected chi connectivity index (χ2v) is 4.16. The normalized spacial score (nSPS) is 9.38. The first-order valence-corrected chi connectivity index (χ1v) is 5.23. The van der Waals surface area contributed by atoms with Crippen LogP contribution in [0.2, 0.25) is 4.34 Å². The van der Waals surface area contributed by atoms with Crippen molar-refractivity contribution in [3.8, 4) is 11.8 Å². The third-order valence-electron chi connectivity index (χ3n) is 1.41. The minimum atomic E-state index is 0.741. The largest absolute Gasteiger partial charge is 0.310 e. The third-order valence-corrected chi connectivity index (χ3v) is 2.52. The van der Waals surface area contributed by atoms with E-state index in [2.05, 4.69) is 22.1 Å². The molecule has 0 aliphatic heterocycles. The molecule has 1 N–H and O–H groups in total. The van der Waals surface area contributed by atoms with Gasteiger partial charge in [0.05, 0.1) is 6.20 Å². The highest BCUT2D eigenvalue weighted by Crippen LogP contribution is 2.17. The molecule has 0 saturated carbocycles. The molecule has 13 heavy (non-hydrogen) atoms. The molecule has 2 nitrogen and oxygen atoms in total. The molecule has 0 aliphatic rings. The molecule has 0 amide bonds. The Hall–Kier alpha value is -0.560. The van der Waals surface area contributed by atoms with Crippen LogP contribution in [0.3, 0.4) is 0 Å². The summed E-state index contributed by atoms with van der Waals surface area (Å²) in [7, 11) is 0. The molecule has 4 heteroatoms. The Kier molecular flexibility index (Phi) is 4.84. The third kappa shape index (κ3) is 4.28. The Labute approximate surface area is 87.3 Å². The van der Waals surface area contributed by atoms with Crippen molar-refractivity contribution >= 4 is 22.9 Å². The number of hydrogen-bond donors (Lipinski definition) is 1. The minimum Gasteiger partial charge on any atom is -0.310 e. The first-order chi connectivity index (χ1) is 6.33. The van der Waals surface area contributed by atoms with Gasteiger partial charge in [-0.15, -0.1) is 23.2 Å². The number of halogens is 1. The zero-order chi connectivity index (χ0) is 9.52. The van der Waals surface area contributed by atoms with Gasteiger partial charge in [0.15, 0.2) is 0 Å². The molecule has 1 rings (SSSR count). The van der Waals surface area contributed by atoms with Gasteiger partial charge in [-0.25, -0.2) is 4.98 Å². The zero-order valence-corrected chi connectivity index (χ0v) is 9.00. The first-order valence-electron chi connectivity index (χ1n) is 4.03. The van der Waals surface area contributed by atoms with Crippen molar-refractivity contribution in [2.75, 3.05) is 6.54 Å². The monoisotopic (exact) mass is 214 g/mol. The fourth-order valence-electron chi connectivity index (χ4n) is 0.841. The zero-order valence-electron chi connectivity index (χ0n) is 7.43. The standard InChI is InChI=1S/C9H11ClN2S/c1-2-3-4-5-11-7-9-12-6-8(10)13-9/h6,11H,4-5,7H2,1H3. The van der Waals surface area contributed by atoms with Gasteiger partial charge in [0, 0.05) is 19.5 Å². The molecule has 0 atom stereocenters. The number of nitrogens with zero attached hydrogens (tertiary/aromatic N) is 1. The molecule has 70 valence electrons. The van der Waals surface area contributed by atoms with Crippen LogP contribution >= 0.6 is 22.9 Å². The molecule has 0 fully saturated rings. The van der Waals surface area contributed by atoms with Gasteiger partial charge in [0.1, 0.15) is 9.34 Å². The van der Waals surface area contributed by atoms with Crippen LogP contribution in [-0.2, 0) is 6.54 Å². The molecule has 1 aromatic heterocycles. The fraction of sp³-hybridized carbons (Fsp3) is 0.444. The lowest BCUT2D eigenvalue weighted by Crippen LogP contribution is -2.13. The summed E-state index contributed by atoms with van der Waals surface area (Å²) in [5, 5.41) is 4.26. The second kappa shape index (κ2) is 5.98. The van der Waals surface area contributed by atoms with Crippen molar-refractivity contribution < 1.29 is 0 Å². The Morgan fingerprint density at radius 3 is 3.15 bits per heavy atom. The summed E-state index contributed by atoms with van der Waals surface area (Å²) in [6.07, 6.45) is 2.56. The van der Waals surface area contributed by atoms with Gasteiger partial charge in [-0.1, -0.05) is 11.6 Å². The van der Waals surface area contributed by atoms with Crippen LogP contribution in [0.1, 0.15) is 18.4 Å². The van der Waals surface area contributed by atoms with E-state index in [0.717, 1.165) is 28.9 Å². The predicted molar refractivity (Wildman–Crippen MR) is 56.9 cm³/mol. The Morgan fingerprint density at radius 1 is 1.69 bits per heavy atom. The molecule has 0 spiro atoms. The molecule has 1 aromatic rings. The van der Waals surface area contributed by atoms with E-state index in [1.807, 2.05) is 6.92 Å². The maximum atomic E-state index is 5.73. The van der Waals surface area contributed by atoms with Crippen LogP contribution < -0.4 is 5.32 Å². The average molecular weight is 215 g/mol. The molecule has 0 saturated heterocycles. The SMILES string of the molecule is CC#CCCNCc1ncc(Cl)s1. The highest BCUT2D eigenvalue weighted by atomic mass is 35.5. The molecule has 0 unspecified atom stereocenters. The van der Waals surface area contributed by atoms with Crippen molar-refractivity contribution in [1.29, 1.82) is 0 Å². The lowest BCUT2D eigenvalue weighted by atomic mass is 10.4. The highest BCUT2D eigenvalue weighted by molar-refractivity contribution is 7.15. The quantitative estimate of drug-likeness (QED) is 0.615. The van der Waals surface area contributed by atoms with Crippen molar-refractivity contribution in [1.82, 2.24) is 10.3 Å². The summed E-state index contributed by atoms with van der Waals surface area (Å²) in [6, 6.07) is 0. The minimum absolute atomic E-state index is 0.741. The Bertz CT molecular complexity index is 311. The summed E-state index contributed by atoms with van der Waals surface area (Å²) in [4.78, 5) is 4.12. The molecule has 0 bridgehead atoms. The number of hydrogen-bond acceptors (Lipinski definition) is 3. The van der Waals surface area contributed by atoms with Crippen molar-refractivity contribution in [3.63, 3.8) is 0 Å². The van der Waals surface area contributed by atoms with Crippen LogP contribution in [0, 0.1) is 11.8 Å². The van der Waals surface area contributed by atoms with Gasteiger partial charge < -0.3 is 5.32 Å². The first kappa shape index (κ1) is 10.5. The number of nitrogens with one attached hydrogen (secondary N) is 1. The molecule has 0 aliphatic carbocycles.